The predicted octanol–water partition coefficient (Wildman–Crippen LogP) is 1.54. The highest BCUT2D eigenvalue weighted by molar-refractivity contribution is 6.20. The van der Waals surface area contributed by atoms with Crippen LogP contribution in [0.15, 0.2) is 24.3 Å². The van der Waals surface area contributed by atoms with Gasteiger partial charge in [0.1, 0.15) is 6.54 Å². The Morgan fingerprint density at radius 3 is 2.23 bits per heavy atom. The van der Waals surface area contributed by atoms with Crippen molar-refractivity contribution >= 4 is 23.7 Å². The fourth-order valence-corrected chi connectivity index (χ4v) is 2.87. The maximum atomic E-state index is 12.8. The first-order valence-corrected chi connectivity index (χ1v) is 7.71. The number of hydrogen-bond donors (Lipinski definition) is 0. The summed E-state index contributed by atoms with van der Waals surface area (Å²) in [5.41, 5.74) is 0.105. The van der Waals surface area contributed by atoms with Crippen LogP contribution in [-0.2, 0) is 14.4 Å². The number of piperidine rings is 1. The molecule has 26 heavy (non-hydrogen) atoms. The molecule has 10 heteroatoms. The lowest BCUT2D eigenvalue weighted by Gasteiger charge is -2.32. The number of carbonyl (C=O) groups excluding carboxylic acids is 4. The summed E-state index contributed by atoms with van der Waals surface area (Å²) < 4.78 is 38.4. The van der Waals surface area contributed by atoms with Crippen molar-refractivity contribution < 1.29 is 37.2 Å². The fourth-order valence-electron chi connectivity index (χ4n) is 2.87. The van der Waals surface area contributed by atoms with E-state index in [2.05, 4.69) is 0 Å². The van der Waals surface area contributed by atoms with Crippen LogP contribution in [0.5, 0.6) is 0 Å². The van der Waals surface area contributed by atoms with E-state index in [0.29, 0.717) is 0 Å². The minimum atomic E-state index is -4.48. The van der Waals surface area contributed by atoms with E-state index < -0.39 is 48.9 Å². The van der Waals surface area contributed by atoms with Gasteiger partial charge in [0, 0.05) is 13.0 Å². The minimum Gasteiger partial charge on any atom is -0.331 e. The van der Waals surface area contributed by atoms with Crippen LogP contribution in [-0.4, -0.2) is 52.9 Å². The van der Waals surface area contributed by atoms with Crippen molar-refractivity contribution in [1.82, 2.24) is 9.96 Å². The van der Waals surface area contributed by atoms with E-state index in [9.17, 15) is 32.3 Å². The van der Waals surface area contributed by atoms with Crippen LogP contribution in [0.3, 0.4) is 0 Å². The first-order chi connectivity index (χ1) is 12.2. The normalized spacial score (nSPS) is 20.4. The van der Waals surface area contributed by atoms with Gasteiger partial charge in [0.25, 0.3) is 11.8 Å². The maximum absolute atomic E-state index is 12.8. The van der Waals surface area contributed by atoms with Crippen molar-refractivity contribution in [1.29, 1.82) is 0 Å². The number of alkyl halides is 3. The average molecular weight is 370 g/mol. The van der Waals surface area contributed by atoms with Gasteiger partial charge in [0.05, 0.1) is 17.0 Å². The van der Waals surface area contributed by atoms with Crippen LogP contribution in [0.4, 0.5) is 13.2 Å². The van der Waals surface area contributed by atoms with Crippen LogP contribution >= 0.6 is 0 Å². The van der Waals surface area contributed by atoms with Crippen molar-refractivity contribution in [3.63, 3.8) is 0 Å². The molecule has 2 aliphatic rings. The van der Waals surface area contributed by atoms with Crippen molar-refractivity contribution in [3.05, 3.63) is 35.4 Å². The zero-order valence-corrected chi connectivity index (χ0v) is 13.3. The maximum Gasteiger partial charge on any atom is 0.393 e. The Balaban J connectivity index is 1.65. The van der Waals surface area contributed by atoms with E-state index in [1.54, 1.807) is 0 Å². The number of nitrogens with zero attached hydrogens (tertiary/aromatic N) is 2. The zero-order valence-electron chi connectivity index (χ0n) is 13.3. The van der Waals surface area contributed by atoms with E-state index in [1.807, 2.05) is 0 Å². The number of fused-ring (bicyclic) bond motifs is 1. The molecule has 3 rings (SSSR count). The summed E-state index contributed by atoms with van der Waals surface area (Å²) in [5.74, 6) is -5.22. The molecule has 0 aromatic heterocycles. The Hall–Kier alpha value is -2.91. The van der Waals surface area contributed by atoms with Gasteiger partial charge < -0.3 is 9.74 Å². The van der Waals surface area contributed by atoms with Gasteiger partial charge in [-0.1, -0.05) is 17.2 Å². The zero-order chi connectivity index (χ0) is 19.1. The number of hydrogen-bond acceptors (Lipinski definition) is 5. The highest BCUT2D eigenvalue weighted by Crippen LogP contribution is 2.33. The summed E-state index contributed by atoms with van der Waals surface area (Å²) in [6.45, 7) is -1.45. The van der Waals surface area contributed by atoms with E-state index in [4.69, 9.17) is 4.84 Å². The van der Waals surface area contributed by atoms with E-state index in [-0.39, 0.29) is 29.0 Å². The molecular formula is C16H13F3N2O5. The summed E-state index contributed by atoms with van der Waals surface area (Å²) in [6.07, 6.45) is -5.16. The van der Waals surface area contributed by atoms with Crippen LogP contribution < -0.4 is 0 Å². The second kappa shape index (κ2) is 6.43. The number of imide groups is 1. The van der Waals surface area contributed by atoms with E-state index >= 15 is 0 Å². The standard InChI is InChI=1S/C16H13F3N2O5/c17-16(18,19)9-5-6-12(22)20(7-9)8-13(23)26-21-14(24)10-3-1-2-4-11(10)15(21)25/h1-4,9H,5-8H2. The monoisotopic (exact) mass is 370 g/mol. The molecule has 1 aromatic rings. The molecule has 2 aliphatic heterocycles. The van der Waals surface area contributed by atoms with Gasteiger partial charge in [0.15, 0.2) is 0 Å². The number of amides is 3. The number of rotatable bonds is 3. The number of likely N-dealkylation sites (tertiary alicyclic amines) is 1. The molecule has 0 saturated carbocycles. The summed E-state index contributed by atoms with van der Waals surface area (Å²) >= 11 is 0. The summed E-state index contributed by atoms with van der Waals surface area (Å²) in [5, 5.41) is 0.253. The van der Waals surface area contributed by atoms with Gasteiger partial charge in [-0.3, -0.25) is 14.4 Å². The molecule has 0 bridgehead atoms. The SMILES string of the molecule is O=C(CN1CC(C(F)(F)F)CCC1=O)ON1C(=O)c2ccccc2C1=O. The first-order valence-electron chi connectivity index (χ1n) is 7.71. The summed E-state index contributed by atoms with van der Waals surface area (Å²) in [7, 11) is 0. The van der Waals surface area contributed by atoms with Gasteiger partial charge in [-0.15, -0.1) is 0 Å². The Labute approximate surface area is 145 Å². The molecule has 7 nitrogen and oxygen atoms in total. The third kappa shape index (κ3) is 3.26. The molecule has 0 aliphatic carbocycles. The van der Waals surface area contributed by atoms with Crippen molar-refractivity contribution in [2.45, 2.75) is 19.0 Å². The first kappa shape index (κ1) is 17.9. The summed E-state index contributed by atoms with van der Waals surface area (Å²) in [6, 6.07) is 5.81. The molecule has 0 spiro atoms. The topological polar surface area (TPSA) is 84.0 Å². The number of halogens is 3. The fraction of sp³-hybridized carbons (Fsp3) is 0.375. The molecule has 0 radical (unpaired) electrons. The third-order valence-corrected chi connectivity index (χ3v) is 4.23. The Morgan fingerprint density at radius 2 is 1.69 bits per heavy atom. The lowest BCUT2D eigenvalue weighted by Crippen LogP contribution is -2.48. The lowest BCUT2D eigenvalue weighted by atomic mass is 9.97. The predicted molar refractivity (Wildman–Crippen MR) is 78.4 cm³/mol. The molecule has 1 saturated heterocycles. The van der Waals surface area contributed by atoms with Crippen molar-refractivity contribution in [2.24, 2.45) is 5.92 Å². The average Bonchev–Trinajstić information content (AvgIpc) is 2.81. The van der Waals surface area contributed by atoms with Crippen LogP contribution in [0, 0.1) is 5.92 Å². The molecule has 1 aromatic carbocycles. The van der Waals surface area contributed by atoms with Crippen molar-refractivity contribution in [3.8, 4) is 0 Å². The van der Waals surface area contributed by atoms with Crippen LogP contribution in [0.1, 0.15) is 33.6 Å². The number of benzene rings is 1. The van der Waals surface area contributed by atoms with Gasteiger partial charge in [0.2, 0.25) is 5.91 Å². The Bertz CT molecular complexity index is 757. The molecule has 1 atom stereocenters. The molecular weight excluding hydrogens is 357 g/mol. The van der Waals surface area contributed by atoms with Gasteiger partial charge in [-0.05, 0) is 18.6 Å². The van der Waals surface area contributed by atoms with Crippen LogP contribution in [0.25, 0.3) is 0 Å². The molecule has 2 heterocycles. The number of carbonyl (C=O) groups is 4. The quantitative estimate of drug-likeness (QED) is 0.754. The minimum absolute atomic E-state index is 0.0523. The van der Waals surface area contributed by atoms with Gasteiger partial charge in [-0.25, -0.2) is 4.79 Å². The van der Waals surface area contributed by atoms with Crippen LogP contribution in [0.2, 0.25) is 0 Å². The second-order valence-electron chi connectivity index (χ2n) is 5.97. The Kier molecular flexibility index (Phi) is 4.43. The number of hydroxylamine groups is 2. The molecule has 0 N–H and O–H groups in total. The van der Waals surface area contributed by atoms with Gasteiger partial charge in [-0.2, -0.15) is 13.2 Å². The van der Waals surface area contributed by atoms with E-state index in [1.165, 1.54) is 24.3 Å². The van der Waals surface area contributed by atoms with E-state index in [0.717, 1.165) is 4.90 Å². The van der Waals surface area contributed by atoms with Gasteiger partial charge >= 0.3 is 12.1 Å². The highest BCUT2D eigenvalue weighted by Gasteiger charge is 2.44. The molecule has 138 valence electrons. The molecule has 1 unspecified atom stereocenters. The lowest BCUT2D eigenvalue weighted by molar-refractivity contribution is -0.193. The molecule has 1 fully saturated rings. The third-order valence-electron chi connectivity index (χ3n) is 4.23. The molecule has 3 amide bonds. The summed E-state index contributed by atoms with van der Waals surface area (Å²) in [4.78, 5) is 53.3. The van der Waals surface area contributed by atoms with Crippen molar-refractivity contribution in [2.75, 3.05) is 13.1 Å². The smallest absolute Gasteiger partial charge is 0.331 e. The Morgan fingerprint density at radius 1 is 1.12 bits per heavy atom. The highest BCUT2D eigenvalue weighted by atomic mass is 19.4. The second-order valence-corrected chi connectivity index (χ2v) is 5.97. The largest absolute Gasteiger partial charge is 0.393 e.